The van der Waals surface area contributed by atoms with Crippen molar-refractivity contribution in [2.75, 3.05) is 0 Å². The van der Waals surface area contributed by atoms with E-state index in [1.807, 2.05) is 0 Å². The number of pyridine rings is 1. The molecular formula is C17H13FN4O3. The Hall–Kier alpha value is -3.55. The number of carbonyl (C=O) groups excluding carboxylic acids is 1. The Labute approximate surface area is 141 Å². The van der Waals surface area contributed by atoms with Gasteiger partial charge in [0.25, 0.3) is 5.56 Å². The molecule has 3 aromatic rings. The second-order valence-corrected chi connectivity index (χ2v) is 5.00. The average molecular weight is 340 g/mol. The molecule has 0 bridgehead atoms. The molecule has 25 heavy (non-hydrogen) atoms. The molecule has 0 aliphatic carbocycles. The number of aromatic amines is 1. The first-order valence-corrected chi connectivity index (χ1v) is 7.34. The SMILES string of the molecule is O=C(C=Cc1ccccc1F)NCc1nc(-c2ccc[nH]c2=O)no1. The van der Waals surface area contributed by atoms with Gasteiger partial charge in [0, 0.05) is 17.8 Å². The summed E-state index contributed by atoms with van der Waals surface area (Å²) in [5.74, 6) is -0.583. The van der Waals surface area contributed by atoms with Crippen molar-refractivity contribution >= 4 is 12.0 Å². The largest absolute Gasteiger partial charge is 0.343 e. The number of hydrogen-bond donors (Lipinski definition) is 2. The van der Waals surface area contributed by atoms with E-state index in [2.05, 4.69) is 20.4 Å². The summed E-state index contributed by atoms with van der Waals surface area (Å²) in [4.78, 5) is 30.0. The lowest BCUT2D eigenvalue weighted by atomic mass is 10.2. The number of hydrogen-bond acceptors (Lipinski definition) is 5. The molecule has 0 aliphatic rings. The molecule has 8 heteroatoms. The Kier molecular flexibility index (Phi) is 4.79. The zero-order valence-corrected chi connectivity index (χ0v) is 12.9. The molecule has 2 heterocycles. The van der Waals surface area contributed by atoms with Gasteiger partial charge in [-0.15, -0.1) is 0 Å². The molecule has 0 fully saturated rings. The molecule has 0 saturated carbocycles. The number of amides is 1. The maximum absolute atomic E-state index is 13.4. The topological polar surface area (TPSA) is 101 Å². The minimum absolute atomic E-state index is 0.0157. The van der Waals surface area contributed by atoms with E-state index in [-0.39, 0.29) is 29.4 Å². The van der Waals surface area contributed by atoms with Gasteiger partial charge in [-0.25, -0.2) is 4.39 Å². The number of benzene rings is 1. The van der Waals surface area contributed by atoms with E-state index in [0.717, 1.165) is 0 Å². The van der Waals surface area contributed by atoms with Crippen LogP contribution in [0.2, 0.25) is 0 Å². The van der Waals surface area contributed by atoms with Crippen LogP contribution in [-0.4, -0.2) is 21.0 Å². The van der Waals surface area contributed by atoms with Gasteiger partial charge in [0.1, 0.15) is 5.82 Å². The van der Waals surface area contributed by atoms with Crippen molar-refractivity contribution in [1.82, 2.24) is 20.4 Å². The van der Waals surface area contributed by atoms with Crippen LogP contribution in [0, 0.1) is 5.82 Å². The van der Waals surface area contributed by atoms with E-state index in [1.54, 1.807) is 30.3 Å². The number of aromatic nitrogens is 3. The van der Waals surface area contributed by atoms with Crippen molar-refractivity contribution in [3.05, 3.63) is 76.3 Å². The fourth-order valence-corrected chi connectivity index (χ4v) is 2.03. The van der Waals surface area contributed by atoms with Crippen LogP contribution in [0.25, 0.3) is 17.5 Å². The van der Waals surface area contributed by atoms with Crippen LogP contribution in [0.3, 0.4) is 0 Å². The molecule has 0 radical (unpaired) electrons. The molecule has 0 unspecified atom stereocenters. The second-order valence-electron chi connectivity index (χ2n) is 5.00. The van der Waals surface area contributed by atoms with Gasteiger partial charge in [-0.05, 0) is 24.3 Å². The summed E-state index contributed by atoms with van der Waals surface area (Å²) >= 11 is 0. The molecule has 126 valence electrons. The van der Waals surface area contributed by atoms with E-state index in [1.165, 1.54) is 24.4 Å². The van der Waals surface area contributed by atoms with Crippen molar-refractivity contribution in [2.45, 2.75) is 6.54 Å². The summed E-state index contributed by atoms with van der Waals surface area (Å²) < 4.78 is 18.4. The molecule has 0 atom stereocenters. The smallest absolute Gasteiger partial charge is 0.259 e. The third-order valence-corrected chi connectivity index (χ3v) is 3.26. The molecule has 7 nitrogen and oxygen atoms in total. The zero-order valence-electron chi connectivity index (χ0n) is 12.9. The fourth-order valence-electron chi connectivity index (χ4n) is 2.03. The third-order valence-electron chi connectivity index (χ3n) is 3.26. The molecule has 2 aromatic heterocycles. The number of nitrogens with one attached hydrogen (secondary N) is 2. The molecule has 1 aromatic carbocycles. The lowest BCUT2D eigenvalue weighted by Gasteiger charge is -1.98. The Bertz CT molecular complexity index is 978. The Morgan fingerprint density at radius 2 is 2.12 bits per heavy atom. The maximum Gasteiger partial charge on any atom is 0.259 e. The quantitative estimate of drug-likeness (QED) is 0.691. The second kappa shape index (κ2) is 7.35. The van der Waals surface area contributed by atoms with Crippen molar-refractivity contribution in [3.8, 4) is 11.4 Å². The molecule has 0 aliphatic heterocycles. The van der Waals surface area contributed by atoms with Crippen molar-refractivity contribution < 1.29 is 13.7 Å². The van der Waals surface area contributed by atoms with Gasteiger partial charge in [-0.3, -0.25) is 9.59 Å². The summed E-state index contributed by atoms with van der Waals surface area (Å²) in [6, 6.07) is 9.30. The van der Waals surface area contributed by atoms with Crippen LogP contribution < -0.4 is 10.9 Å². The number of rotatable bonds is 5. The van der Waals surface area contributed by atoms with E-state index in [9.17, 15) is 14.0 Å². The monoisotopic (exact) mass is 340 g/mol. The predicted octanol–water partition coefficient (Wildman–Crippen LogP) is 1.89. The zero-order chi connectivity index (χ0) is 17.6. The van der Waals surface area contributed by atoms with E-state index in [0.29, 0.717) is 5.56 Å². The number of carbonyl (C=O) groups is 1. The number of nitrogens with zero attached hydrogens (tertiary/aromatic N) is 2. The van der Waals surface area contributed by atoms with Gasteiger partial charge in [-0.2, -0.15) is 4.98 Å². The van der Waals surface area contributed by atoms with Gasteiger partial charge < -0.3 is 14.8 Å². The minimum atomic E-state index is -0.444. The lowest BCUT2D eigenvalue weighted by Crippen LogP contribution is -2.20. The molecule has 0 spiro atoms. The van der Waals surface area contributed by atoms with Crippen LogP contribution in [0.4, 0.5) is 4.39 Å². The summed E-state index contributed by atoms with van der Waals surface area (Å²) in [6.07, 6.45) is 4.07. The first-order valence-electron chi connectivity index (χ1n) is 7.34. The van der Waals surface area contributed by atoms with Crippen LogP contribution in [0.5, 0.6) is 0 Å². The van der Waals surface area contributed by atoms with Crippen molar-refractivity contribution in [3.63, 3.8) is 0 Å². The molecule has 0 saturated heterocycles. The Balaban J connectivity index is 1.61. The molecule has 2 N–H and O–H groups in total. The Morgan fingerprint density at radius 3 is 2.92 bits per heavy atom. The van der Waals surface area contributed by atoms with Gasteiger partial charge in [0.2, 0.25) is 17.6 Å². The highest BCUT2D eigenvalue weighted by atomic mass is 19.1. The highest BCUT2D eigenvalue weighted by Crippen LogP contribution is 2.10. The van der Waals surface area contributed by atoms with Crippen molar-refractivity contribution in [1.29, 1.82) is 0 Å². The minimum Gasteiger partial charge on any atom is -0.343 e. The highest BCUT2D eigenvalue weighted by Gasteiger charge is 2.11. The standard InChI is InChI=1S/C17H13FN4O3/c18-13-6-2-1-4-11(13)7-8-14(23)20-10-15-21-16(22-25-15)12-5-3-9-19-17(12)24/h1-9H,10H2,(H,19,24)(H,20,23). The summed E-state index contributed by atoms with van der Waals surface area (Å²) in [5.41, 5.74) is 0.232. The first kappa shape index (κ1) is 16.3. The van der Waals surface area contributed by atoms with Gasteiger partial charge in [-0.1, -0.05) is 23.4 Å². The van der Waals surface area contributed by atoms with E-state index in [4.69, 9.17) is 4.52 Å². The normalized spacial score (nSPS) is 10.9. The summed E-state index contributed by atoms with van der Waals surface area (Å²) in [7, 11) is 0. The number of halogens is 1. The maximum atomic E-state index is 13.4. The van der Waals surface area contributed by atoms with Gasteiger partial charge in [0.15, 0.2) is 0 Å². The highest BCUT2D eigenvalue weighted by molar-refractivity contribution is 5.91. The van der Waals surface area contributed by atoms with E-state index >= 15 is 0 Å². The molecule has 1 amide bonds. The molecule has 3 rings (SSSR count). The number of H-pyrrole nitrogens is 1. The molecular weight excluding hydrogens is 327 g/mol. The summed E-state index contributed by atoms with van der Waals surface area (Å²) in [5, 5.41) is 6.24. The van der Waals surface area contributed by atoms with Crippen LogP contribution in [-0.2, 0) is 11.3 Å². The summed E-state index contributed by atoms with van der Waals surface area (Å²) in [6.45, 7) is -0.0157. The van der Waals surface area contributed by atoms with Crippen LogP contribution in [0.1, 0.15) is 11.5 Å². The predicted molar refractivity (Wildman–Crippen MR) is 87.6 cm³/mol. The van der Waals surface area contributed by atoms with Crippen LogP contribution in [0.15, 0.2) is 58.0 Å². The average Bonchev–Trinajstić information content (AvgIpc) is 3.08. The lowest BCUT2D eigenvalue weighted by molar-refractivity contribution is -0.116. The van der Waals surface area contributed by atoms with Crippen LogP contribution >= 0.6 is 0 Å². The van der Waals surface area contributed by atoms with Crippen molar-refractivity contribution in [2.24, 2.45) is 0 Å². The third kappa shape index (κ3) is 4.05. The van der Waals surface area contributed by atoms with E-state index < -0.39 is 11.7 Å². The van der Waals surface area contributed by atoms with Gasteiger partial charge >= 0.3 is 0 Å². The Morgan fingerprint density at radius 1 is 1.28 bits per heavy atom. The first-order chi connectivity index (χ1) is 12.1. The fraction of sp³-hybridized carbons (Fsp3) is 0.0588. The van der Waals surface area contributed by atoms with Gasteiger partial charge in [0.05, 0.1) is 12.1 Å².